The van der Waals surface area contributed by atoms with E-state index in [1.807, 2.05) is 6.92 Å². The van der Waals surface area contributed by atoms with Gasteiger partial charge in [-0.15, -0.1) is 0 Å². The molecule has 3 rings (SSSR count). The number of hydrogen-bond donors (Lipinski definition) is 1. The second kappa shape index (κ2) is 7.04. The van der Waals surface area contributed by atoms with Crippen LogP contribution in [0.1, 0.15) is 23.7 Å². The third kappa shape index (κ3) is 3.17. The zero-order valence-corrected chi connectivity index (χ0v) is 13.2. The van der Waals surface area contributed by atoms with Crippen LogP contribution in [-0.4, -0.2) is 27.2 Å². The van der Waals surface area contributed by atoms with E-state index in [0.29, 0.717) is 23.5 Å². The highest BCUT2D eigenvalue weighted by molar-refractivity contribution is 6.00. The van der Waals surface area contributed by atoms with Crippen molar-refractivity contribution in [3.63, 3.8) is 0 Å². The van der Waals surface area contributed by atoms with Crippen molar-refractivity contribution in [2.75, 3.05) is 6.54 Å². The second-order valence-corrected chi connectivity index (χ2v) is 5.29. The van der Waals surface area contributed by atoms with E-state index < -0.39 is 0 Å². The first-order valence-corrected chi connectivity index (χ1v) is 7.73. The van der Waals surface area contributed by atoms with Crippen molar-refractivity contribution in [2.45, 2.75) is 13.3 Å². The molecule has 0 aliphatic rings. The average Bonchev–Trinajstić information content (AvgIpc) is 3.05. The first kappa shape index (κ1) is 15.9. The fraction of sp³-hybridized carbons (Fsp3) is 0.167. The van der Waals surface area contributed by atoms with E-state index in [9.17, 15) is 9.18 Å². The number of carbonyl (C=O) groups excluding carboxylic acids is 1. The lowest BCUT2D eigenvalue weighted by molar-refractivity contribution is 0.0954. The lowest BCUT2D eigenvalue weighted by atomic mass is 10.1. The Labute approximate surface area is 139 Å². The molecule has 0 unspecified atom stereocenters. The van der Waals surface area contributed by atoms with Gasteiger partial charge in [-0.1, -0.05) is 13.0 Å². The van der Waals surface area contributed by atoms with Crippen LogP contribution in [0.5, 0.6) is 0 Å². The van der Waals surface area contributed by atoms with E-state index >= 15 is 0 Å². The molecule has 6 heteroatoms. The van der Waals surface area contributed by atoms with Crippen molar-refractivity contribution in [1.82, 2.24) is 20.1 Å². The highest BCUT2D eigenvalue weighted by Crippen LogP contribution is 2.26. The van der Waals surface area contributed by atoms with Gasteiger partial charge in [0.1, 0.15) is 5.82 Å². The summed E-state index contributed by atoms with van der Waals surface area (Å²) in [6, 6.07) is 9.69. The molecule has 0 fully saturated rings. The molecule has 1 N–H and O–H groups in total. The molecule has 122 valence electrons. The zero-order valence-electron chi connectivity index (χ0n) is 13.2. The van der Waals surface area contributed by atoms with Crippen LogP contribution < -0.4 is 5.32 Å². The lowest BCUT2D eigenvalue weighted by Gasteiger charge is -2.10. The van der Waals surface area contributed by atoms with Gasteiger partial charge in [-0.05, 0) is 36.8 Å². The standard InChI is InChI=1S/C18H17FN4O/c1-2-8-21-18(24)16-12-22-23(15-5-3-4-14(19)11-15)17(16)13-6-9-20-10-7-13/h3-7,9-12H,2,8H2,1H3,(H,21,24). The molecule has 2 aromatic heterocycles. The predicted molar refractivity (Wildman–Crippen MR) is 89.4 cm³/mol. The number of carbonyl (C=O) groups is 1. The number of hydrogen-bond acceptors (Lipinski definition) is 3. The molecule has 0 atom stereocenters. The van der Waals surface area contributed by atoms with Crippen molar-refractivity contribution < 1.29 is 9.18 Å². The average molecular weight is 324 g/mol. The number of benzene rings is 1. The zero-order chi connectivity index (χ0) is 16.9. The van der Waals surface area contributed by atoms with E-state index in [0.717, 1.165) is 12.0 Å². The molecule has 1 aromatic carbocycles. The van der Waals surface area contributed by atoms with Crippen LogP contribution in [0.25, 0.3) is 16.9 Å². The Balaban J connectivity index is 2.13. The maximum absolute atomic E-state index is 13.6. The van der Waals surface area contributed by atoms with Gasteiger partial charge in [0, 0.05) is 24.5 Å². The molecular weight excluding hydrogens is 307 g/mol. The smallest absolute Gasteiger partial charge is 0.255 e. The van der Waals surface area contributed by atoms with Gasteiger partial charge in [-0.3, -0.25) is 9.78 Å². The minimum atomic E-state index is -0.360. The van der Waals surface area contributed by atoms with E-state index in [1.54, 1.807) is 41.3 Å². The van der Waals surface area contributed by atoms with Crippen LogP contribution >= 0.6 is 0 Å². The van der Waals surface area contributed by atoms with Gasteiger partial charge in [0.25, 0.3) is 5.91 Å². The summed E-state index contributed by atoms with van der Waals surface area (Å²) in [5, 5.41) is 7.15. The van der Waals surface area contributed by atoms with Gasteiger partial charge in [-0.25, -0.2) is 9.07 Å². The molecular formula is C18H17FN4O. The van der Waals surface area contributed by atoms with E-state index in [1.165, 1.54) is 18.3 Å². The number of aromatic nitrogens is 3. The summed E-state index contributed by atoms with van der Waals surface area (Å²) in [7, 11) is 0. The number of nitrogens with zero attached hydrogens (tertiary/aromatic N) is 3. The van der Waals surface area contributed by atoms with Gasteiger partial charge in [0.05, 0.1) is 23.1 Å². The molecule has 0 spiro atoms. The molecule has 2 heterocycles. The molecule has 0 aliphatic heterocycles. The highest BCUT2D eigenvalue weighted by Gasteiger charge is 2.19. The van der Waals surface area contributed by atoms with Crippen LogP contribution in [0.2, 0.25) is 0 Å². The molecule has 0 saturated heterocycles. The quantitative estimate of drug-likeness (QED) is 0.784. The first-order valence-electron chi connectivity index (χ1n) is 7.73. The Morgan fingerprint density at radius 3 is 2.75 bits per heavy atom. The molecule has 0 radical (unpaired) electrons. The Morgan fingerprint density at radius 2 is 2.04 bits per heavy atom. The predicted octanol–water partition coefficient (Wildman–Crippen LogP) is 3.21. The monoisotopic (exact) mass is 324 g/mol. The summed E-state index contributed by atoms with van der Waals surface area (Å²) in [4.78, 5) is 16.5. The normalized spacial score (nSPS) is 10.6. The van der Waals surface area contributed by atoms with Crippen LogP contribution in [0.15, 0.2) is 55.0 Å². The SMILES string of the molecule is CCCNC(=O)c1cnn(-c2cccc(F)c2)c1-c1ccncc1. The molecule has 1 amide bonds. The fourth-order valence-electron chi connectivity index (χ4n) is 2.44. The third-order valence-electron chi connectivity index (χ3n) is 3.56. The minimum Gasteiger partial charge on any atom is -0.352 e. The Bertz CT molecular complexity index is 845. The van der Waals surface area contributed by atoms with Crippen molar-refractivity contribution in [3.8, 4) is 16.9 Å². The van der Waals surface area contributed by atoms with Crippen LogP contribution in [0, 0.1) is 5.82 Å². The van der Waals surface area contributed by atoms with Crippen LogP contribution in [0.4, 0.5) is 4.39 Å². The number of amides is 1. The van der Waals surface area contributed by atoms with Crippen molar-refractivity contribution >= 4 is 5.91 Å². The van der Waals surface area contributed by atoms with Gasteiger partial charge in [0.15, 0.2) is 0 Å². The van der Waals surface area contributed by atoms with Gasteiger partial charge in [0.2, 0.25) is 0 Å². The Kier molecular flexibility index (Phi) is 4.65. The van der Waals surface area contributed by atoms with E-state index in [2.05, 4.69) is 15.4 Å². The maximum atomic E-state index is 13.6. The number of rotatable bonds is 5. The highest BCUT2D eigenvalue weighted by atomic mass is 19.1. The maximum Gasteiger partial charge on any atom is 0.255 e. The Morgan fingerprint density at radius 1 is 1.25 bits per heavy atom. The van der Waals surface area contributed by atoms with Gasteiger partial charge < -0.3 is 5.32 Å². The molecule has 0 bridgehead atoms. The molecule has 24 heavy (non-hydrogen) atoms. The number of nitrogens with one attached hydrogen (secondary N) is 1. The van der Waals surface area contributed by atoms with Gasteiger partial charge >= 0.3 is 0 Å². The molecule has 5 nitrogen and oxygen atoms in total. The summed E-state index contributed by atoms with van der Waals surface area (Å²) >= 11 is 0. The summed E-state index contributed by atoms with van der Waals surface area (Å²) in [5.74, 6) is -0.563. The van der Waals surface area contributed by atoms with Crippen molar-refractivity contribution in [3.05, 3.63) is 66.4 Å². The molecule has 3 aromatic rings. The van der Waals surface area contributed by atoms with Crippen LogP contribution in [0.3, 0.4) is 0 Å². The summed E-state index contributed by atoms with van der Waals surface area (Å²) in [5.41, 5.74) is 2.39. The second-order valence-electron chi connectivity index (χ2n) is 5.29. The number of pyridine rings is 1. The minimum absolute atomic E-state index is 0.202. The summed E-state index contributed by atoms with van der Waals surface area (Å²) < 4.78 is 15.2. The van der Waals surface area contributed by atoms with Crippen LogP contribution in [-0.2, 0) is 0 Å². The first-order chi connectivity index (χ1) is 11.7. The summed E-state index contributed by atoms with van der Waals surface area (Å²) in [6.45, 7) is 2.57. The van der Waals surface area contributed by atoms with Crippen molar-refractivity contribution in [2.24, 2.45) is 0 Å². The summed E-state index contributed by atoms with van der Waals surface area (Å²) in [6.07, 6.45) is 5.64. The third-order valence-corrected chi connectivity index (χ3v) is 3.56. The topological polar surface area (TPSA) is 59.8 Å². The Hall–Kier alpha value is -3.02. The van der Waals surface area contributed by atoms with E-state index in [4.69, 9.17) is 0 Å². The van der Waals surface area contributed by atoms with Crippen molar-refractivity contribution in [1.29, 1.82) is 0 Å². The molecule has 0 saturated carbocycles. The fourth-order valence-corrected chi connectivity index (χ4v) is 2.44. The lowest BCUT2D eigenvalue weighted by Crippen LogP contribution is -2.24. The largest absolute Gasteiger partial charge is 0.352 e. The van der Waals surface area contributed by atoms with E-state index in [-0.39, 0.29) is 11.7 Å². The molecule has 0 aliphatic carbocycles. The van der Waals surface area contributed by atoms with Gasteiger partial charge in [-0.2, -0.15) is 5.10 Å². The number of halogens is 1.